The molecule has 2 amide bonds. The number of oxazole rings is 1. The van der Waals surface area contributed by atoms with Crippen LogP contribution in [0.3, 0.4) is 0 Å². The maximum Gasteiger partial charge on any atom is 0.299 e. The van der Waals surface area contributed by atoms with Crippen LogP contribution in [0.15, 0.2) is 52.9 Å². The Morgan fingerprint density at radius 3 is 2.51 bits per heavy atom. The summed E-state index contributed by atoms with van der Waals surface area (Å²) >= 11 is 0. The van der Waals surface area contributed by atoms with Gasteiger partial charge < -0.3 is 24.4 Å². The summed E-state index contributed by atoms with van der Waals surface area (Å²) in [7, 11) is 0. The molecule has 1 aromatic heterocycles. The van der Waals surface area contributed by atoms with Crippen LogP contribution in [0.1, 0.15) is 42.6 Å². The van der Waals surface area contributed by atoms with Crippen molar-refractivity contribution >= 4 is 41.3 Å². The number of nitrogens with one attached hydrogen (secondary N) is 1. The highest BCUT2D eigenvalue weighted by molar-refractivity contribution is 6.05. The number of piperidine rings is 3. The molecule has 4 fully saturated rings. The summed E-state index contributed by atoms with van der Waals surface area (Å²) in [5.74, 6) is 0.481. The molecule has 0 unspecified atom stereocenters. The molecule has 1 N–H and O–H groups in total. The smallest absolute Gasteiger partial charge is 0.299 e. The number of benzene rings is 2. The van der Waals surface area contributed by atoms with Crippen LogP contribution < -0.4 is 10.2 Å². The van der Waals surface area contributed by atoms with Gasteiger partial charge in [0.1, 0.15) is 11.6 Å². The fourth-order valence-corrected chi connectivity index (χ4v) is 6.17. The zero-order chi connectivity index (χ0) is 24.8. The Labute approximate surface area is 223 Å². The van der Waals surface area contributed by atoms with Gasteiger partial charge in [0.25, 0.3) is 11.9 Å². The topological polar surface area (TPSA) is 81.9 Å². The number of rotatable bonds is 5. The standard InChI is InChI=1S/C28H33N5O3.ClH/c1-18-15-32(16-20-7-4-3-5-8-20)27(35)19(2)33(18)28-30-25-22(9-6-10-24(25)36-28)26(34)29-23-17-31-13-11-21(23)12-14-31;/h3-10,18-19,21,23H,11-17H2,1-2H3,(H,29,34);1H/t18-,19-,23+;/m0./s1. The van der Waals surface area contributed by atoms with E-state index < -0.39 is 6.04 Å². The monoisotopic (exact) mass is 523 g/mol. The third-order valence-electron chi connectivity index (χ3n) is 8.11. The molecule has 2 aromatic carbocycles. The van der Waals surface area contributed by atoms with Gasteiger partial charge in [0.2, 0.25) is 5.91 Å². The zero-order valence-electron chi connectivity index (χ0n) is 21.3. The highest BCUT2D eigenvalue weighted by Gasteiger charge is 2.39. The van der Waals surface area contributed by atoms with Crippen LogP contribution in [0.2, 0.25) is 0 Å². The predicted octanol–water partition coefficient (Wildman–Crippen LogP) is 3.70. The number of carbonyl (C=O) groups is 2. The van der Waals surface area contributed by atoms with Gasteiger partial charge in [0.15, 0.2) is 5.58 Å². The van der Waals surface area contributed by atoms with Crippen LogP contribution in [-0.2, 0) is 11.3 Å². The zero-order valence-corrected chi connectivity index (χ0v) is 22.1. The Balaban J connectivity index is 0.00000280. The summed E-state index contributed by atoms with van der Waals surface area (Å²) in [4.78, 5) is 37.6. The molecule has 0 spiro atoms. The van der Waals surface area contributed by atoms with E-state index in [0.29, 0.717) is 41.7 Å². The lowest BCUT2D eigenvalue weighted by Gasteiger charge is -2.44. The third kappa shape index (κ3) is 4.80. The molecule has 9 heteroatoms. The van der Waals surface area contributed by atoms with E-state index in [0.717, 1.165) is 38.0 Å². The SMILES string of the molecule is C[C@H]1CN(Cc2ccccc2)C(=O)[C@H](C)N1c1nc2c(C(=O)N[C@@H]3CN4CCC3CC4)cccc2o1.Cl. The van der Waals surface area contributed by atoms with Gasteiger partial charge in [0.05, 0.1) is 5.56 Å². The van der Waals surface area contributed by atoms with Crippen molar-refractivity contribution in [3.63, 3.8) is 0 Å². The molecule has 4 saturated heterocycles. The molecule has 5 heterocycles. The highest BCUT2D eigenvalue weighted by Crippen LogP contribution is 2.31. The molecule has 0 radical (unpaired) electrons. The number of anilines is 1. The molecule has 8 nitrogen and oxygen atoms in total. The Morgan fingerprint density at radius 2 is 1.81 bits per heavy atom. The van der Waals surface area contributed by atoms with Crippen molar-refractivity contribution in [1.29, 1.82) is 0 Å². The lowest BCUT2D eigenvalue weighted by molar-refractivity contribution is -0.135. The van der Waals surface area contributed by atoms with Gasteiger partial charge in [-0.1, -0.05) is 36.4 Å². The Hall–Kier alpha value is -3.10. The maximum absolute atomic E-state index is 13.3. The normalized spacial score (nSPS) is 27.3. The van der Waals surface area contributed by atoms with E-state index in [9.17, 15) is 9.59 Å². The number of fused-ring (bicyclic) bond motifs is 4. The number of amides is 2. The lowest BCUT2D eigenvalue weighted by atomic mass is 9.84. The van der Waals surface area contributed by atoms with Crippen LogP contribution in [0.25, 0.3) is 11.1 Å². The minimum absolute atomic E-state index is 0. The van der Waals surface area contributed by atoms with E-state index in [1.807, 2.05) is 59.2 Å². The van der Waals surface area contributed by atoms with Crippen molar-refractivity contribution in [2.45, 2.75) is 51.4 Å². The number of para-hydroxylation sites is 1. The molecule has 3 aromatic rings. The quantitative estimate of drug-likeness (QED) is 0.549. The predicted molar refractivity (Wildman–Crippen MR) is 145 cm³/mol. The molecule has 4 aliphatic rings. The molecule has 4 aliphatic heterocycles. The van der Waals surface area contributed by atoms with Crippen molar-refractivity contribution in [2.24, 2.45) is 5.92 Å². The number of halogens is 1. The Bertz CT molecular complexity index is 1270. The molecule has 37 heavy (non-hydrogen) atoms. The van der Waals surface area contributed by atoms with Crippen LogP contribution in [0.5, 0.6) is 0 Å². The first-order valence-electron chi connectivity index (χ1n) is 13.0. The summed E-state index contributed by atoms with van der Waals surface area (Å²) in [5, 5.41) is 3.26. The molecular weight excluding hydrogens is 490 g/mol. The number of piperazine rings is 1. The second-order valence-corrected chi connectivity index (χ2v) is 10.5. The van der Waals surface area contributed by atoms with Crippen LogP contribution in [0.4, 0.5) is 6.01 Å². The molecule has 2 bridgehead atoms. The summed E-state index contributed by atoms with van der Waals surface area (Å²) in [5.41, 5.74) is 2.74. The summed E-state index contributed by atoms with van der Waals surface area (Å²) in [6.07, 6.45) is 2.28. The van der Waals surface area contributed by atoms with Gasteiger partial charge >= 0.3 is 0 Å². The highest BCUT2D eigenvalue weighted by atomic mass is 35.5. The first kappa shape index (κ1) is 25.5. The second kappa shape index (κ2) is 10.3. The van der Waals surface area contributed by atoms with Gasteiger partial charge in [-0.05, 0) is 63.4 Å². The summed E-state index contributed by atoms with van der Waals surface area (Å²) < 4.78 is 6.14. The molecular formula is C28H34ClN5O3. The maximum atomic E-state index is 13.3. The fourth-order valence-electron chi connectivity index (χ4n) is 6.17. The molecule has 0 aliphatic carbocycles. The largest absolute Gasteiger partial charge is 0.423 e. The van der Waals surface area contributed by atoms with Gasteiger partial charge in [-0.2, -0.15) is 4.98 Å². The molecule has 3 atom stereocenters. The van der Waals surface area contributed by atoms with E-state index in [-0.39, 0.29) is 36.3 Å². The van der Waals surface area contributed by atoms with E-state index in [4.69, 9.17) is 9.40 Å². The average Bonchev–Trinajstić information content (AvgIpc) is 3.32. The van der Waals surface area contributed by atoms with E-state index in [2.05, 4.69) is 17.1 Å². The van der Waals surface area contributed by atoms with E-state index >= 15 is 0 Å². The number of nitrogens with zero attached hydrogens (tertiary/aromatic N) is 4. The average molecular weight is 524 g/mol. The number of hydrogen-bond donors (Lipinski definition) is 1. The van der Waals surface area contributed by atoms with Crippen molar-refractivity contribution < 1.29 is 14.0 Å². The van der Waals surface area contributed by atoms with Gasteiger partial charge in [0, 0.05) is 31.7 Å². The summed E-state index contributed by atoms with van der Waals surface area (Å²) in [6, 6.07) is 15.7. The van der Waals surface area contributed by atoms with Crippen molar-refractivity contribution in [3.8, 4) is 0 Å². The minimum atomic E-state index is -0.422. The van der Waals surface area contributed by atoms with Crippen molar-refractivity contribution in [1.82, 2.24) is 20.1 Å². The third-order valence-corrected chi connectivity index (χ3v) is 8.11. The lowest BCUT2D eigenvalue weighted by Crippen LogP contribution is -2.60. The Kier molecular flexibility index (Phi) is 7.14. The van der Waals surface area contributed by atoms with E-state index in [1.54, 1.807) is 6.07 Å². The molecule has 0 saturated carbocycles. The van der Waals surface area contributed by atoms with Crippen molar-refractivity contribution in [2.75, 3.05) is 31.1 Å². The number of carbonyl (C=O) groups excluding carboxylic acids is 2. The van der Waals surface area contributed by atoms with Gasteiger partial charge in [-0.25, -0.2) is 0 Å². The van der Waals surface area contributed by atoms with Crippen molar-refractivity contribution in [3.05, 3.63) is 59.7 Å². The van der Waals surface area contributed by atoms with Crippen LogP contribution in [-0.4, -0.2) is 70.9 Å². The minimum Gasteiger partial charge on any atom is -0.423 e. The van der Waals surface area contributed by atoms with Gasteiger partial charge in [-0.3, -0.25) is 9.59 Å². The second-order valence-electron chi connectivity index (χ2n) is 10.5. The fraction of sp³-hybridized carbons (Fsp3) is 0.464. The molecule has 196 valence electrons. The first-order chi connectivity index (χ1) is 17.5. The number of aromatic nitrogens is 1. The molecule has 7 rings (SSSR count). The Morgan fingerprint density at radius 1 is 1.05 bits per heavy atom. The van der Waals surface area contributed by atoms with Crippen LogP contribution >= 0.6 is 12.4 Å². The summed E-state index contributed by atoms with van der Waals surface area (Å²) in [6.45, 7) is 8.31. The first-order valence-corrected chi connectivity index (χ1v) is 13.0. The van der Waals surface area contributed by atoms with Crippen LogP contribution in [0, 0.1) is 5.92 Å². The van der Waals surface area contributed by atoms with Gasteiger partial charge in [-0.15, -0.1) is 12.4 Å². The van der Waals surface area contributed by atoms with E-state index in [1.165, 1.54) is 0 Å². The number of hydrogen-bond acceptors (Lipinski definition) is 6.